The van der Waals surface area contributed by atoms with E-state index in [4.69, 9.17) is 23.2 Å². The third-order valence-electron chi connectivity index (χ3n) is 5.04. The zero-order valence-corrected chi connectivity index (χ0v) is 17.9. The van der Waals surface area contributed by atoms with E-state index in [1.807, 2.05) is 11.1 Å². The van der Waals surface area contributed by atoms with Crippen LogP contribution in [0.4, 0.5) is 0 Å². The molecule has 1 amide bonds. The molecule has 0 aliphatic carbocycles. The zero-order valence-electron chi connectivity index (χ0n) is 14.7. The van der Waals surface area contributed by atoms with Crippen molar-refractivity contribution in [2.45, 2.75) is 18.9 Å². The maximum atomic E-state index is 12.7. The summed E-state index contributed by atoms with van der Waals surface area (Å²) in [7, 11) is 0. The summed E-state index contributed by atoms with van der Waals surface area (Å²) >= 11 is 12.2. The fourth-order valence-electron chi connectivity index (χ4n) is 3.74. The van der Waals surface area contributed by atoms with Gasteiger partial charge in [0, 0.05) is 57.7 Å². The fourth-order valence-corrected chi connectivity index (χ4v) is 4.27. The number of likely N-dealkylation sites (tertiary alicyclic amines) is 1. The minimum atomic E-state index is 0. The molecule has 6 nitrogen and oxygen atoms in total. The monoisotopic (exact) mass is 453 g/mol. The van der Waals surface area contributed by atoms with E-state index in [1.165, 1.54) is 0 Å². The van der Waals surface area contributed by atoms with E-state index in [1.54, 1.807) is 16.7 Å². The van der Waals surface area contributed by atoms with E-state index < -0.39 is 0 Å². The molecular formula is C17H23Cl4N5O. The number of carbonyl (C=O) groups is 1. The van der Waals surface area contributed by atoms with Crippen LogP contribution in [0.5, 0.6) is 0 Å². The minimum absolute atomic E-state index is 0. The van der Waals surface area contributed by atoms with Crippen LogP contribution in [0.1, 0.15) is 12.1 Å². The third kappa shape index (κ3) is 5.00. The van der Waals surface area contributed by atoms with Crippen molar-refractivity contribution < 1.29 is 4.79 Å². The molecule has 0 spiro atoms. The maximum absolute atomic E-state index is 12.7. The predicted molar refractivity (Wildman–Crippen MR) is 113 cm³/mol. The molecule has 1 N–H and O–H groups in total. The van der Waals surface area contributed by atoms with Crippen molar-refractivity contribution in [2.24, 2.45) is 0 Å². The number of nitrogens with zero attached hydrogens (tertiary/aromatic N) is 4. The van der Waals surface area contributed by atoms with Crippen LogP contribution in [0.15, 0.2) is 18.5 Å². The Hall–Kier alpha value is -0.760. The highest BCUT2D eigenvalue weighted by Gasteiger charge is 2.31. The molecule has 2 aromatic heterocycles. The highest BCUT2D eigenvalue weighted by Crippen LogP contribution is 2.22. The quantitative estimate of drug-likeness (QED) is 0.774. The van der Waals surface area contributed by atoms with Gasteiger partial charge >= 0.3 is 0 Å². The molecule has 1 atom stereocenters. The standard InChI is InChI=1S/C17H21Cl2N5O.2ClH/c18-12-7-15(19)17-21-13(10-24(17)9-12)8-16(25)23-4-1-14(11-23)22-5-2-20-3-6-22;;/h7,9-10,14,20H,1-6,8,11H2;2*1H. The first-order chi connectivity index (χ1) is 12.1. The van der Waals surface area contributed by atoms with Crippen LogP contribution in [-0.2, 0) is 11.2 Å². The number of aromatic nitrogens is 2. The number of pyridine rings is 1. The molecule has 2 aromatic rings. The van der Waals surface area contributed by atoms with Crippen LogP contribution >= 0.6 is 48.0 Å². The van der Waals surface area contributed by atoms with Gasteiger partial charge in [-0.05, 0) is 12.5 Å². The summed E-state index contributed by atoms with van der Waals surface area (Å²) in [6.45, 7) is 5.85. The van der Waals surface area contributed by atoms with Gasteiger partial charge in [0.05, 0.1) is 22.2 Å². The molecule has 27 heavy (non-hydrogen) atoms. The van der Waals surface area contributed by atoms with Gasteiger partial charge in [-0.25, -0.2) is 4.98 Å². The highest BCUT2D eigenvalue weighted by atomic mass is 35.5. The topological polar surface area (TPSA) is 52.9 Å². The summed E-state index contributed by atoms with van der Waals surface area (Å²) in [6.07, 6.45) is 4.93. The molecule has 2 fully saturated rings. The second kappa shape index (κ2) is 9.63. The lowest BCUT2D eigenvalue weighted by Crippen LogP contribution is -2.49. The molecular weight excluding hydrogens is 432 g/mol. The number of nitrogens with one attached hydrogen (secondary N) is 1. The Morgan fingerprint density at radius 1 is 1.19 bits per heavy atom. The molecule has 4 rings (SSSR count). The fraction of sp³-hybridized carbons (Fsp3) is 0.529. The van der Waals surface area contributed by atoms with E-state index in [0.717, 1.165) is 51.4 Å². The van der Waals surface area contributed by atoms with E-state index in [0.29, 0.717) is 28.2 Å². The molecule has 1 unspecified atom stereocenters. The van der Waals surface area contributed by atoms with Gasteiger partial charge in [-0.2, -0.15) is 0 Å². The number of hydrogen-bond acceptors (Lipinski definition) is 4. The number of fused-ring (bicyclic) bond motifs is 1. The Morgan fingerprint density at radius 3 is 2.67 bits per heavy atom. The van der Waals surface area contributed by atoms with Crippen molar-refractivity contribution in [2.75, 3.05) is 39.3 Å². The number of carbonyl (C=O) groups excluding carboxylic acids is 1. The molecule has 0 radical (unpaired) electrons. The molecule has 0 saturated carbocycles. The van der Waals surface area contributed by atoms with Crippen molar-refractivity contribution in [3.8, 4) is 0 Å². The lowest BCUT2D eigenvalue weighted by Gasteiger charge is -2.32. The minimum Gasteiger partial charge on any atom is -0.341 e. The molecule has 150 valence electrons. The number of hydrogen-bond donors (Lipinski definition) is 1. The van der Waals surface area contributed by atoms with Gasteiger partial charge in [-0.3, -0.25) is 9.69 Å². The summed E-state index contributed by atoms with van der Waals surface area (Å²) in [5.41, 5.74) is 1.36. The summed E-state index contributed by atoms with van der Waals surface area (Å²) < 4.78 is 1.78. The van der Waals surface area contributed by atoms with Crippen LogP contribution in [0.2, 0.25) is 10.0 Å². The van der Waals surface area contributed by atoms with Gasteiger partial charge < -0.3 is 14.6 Å². The van der Waals surface area contributed by atoms with Gasteiger partial charge in [-0.15, -0.1) is 24.8 Å². The SMILES string of the molecule is Cl.Cl.O=C(Cc1cn2cc(Cl)cc(Cl)c2n1)N1CCC(N2CCNCC2)C1. The van der Waals surface area contributed by atoms with Crippen molar-refractivity contribution in [3.63, 3.8) is 0 Å². The van der Waals surface area contributed by atoms with Gasteiger partial charge in [0.2, 0.25) is 5.91 Å². The van der Waals surface area contributed by atoms with Crippen molar-refractivity contribution in [1.29, 1.82) is 0 Å². The summed E-state index contributed by atoms with van der Waals surface area (Å²) in [4.78, 5) is 21.6. The second-order valence-electron chi connectivity index (χ2n) is 6.71. The zero-order chi connectivity index (χ0) is 17.4. The van der Waals surface area contributed by atoms with Crippen LogP contribution in [-0.4, -0.2) is 70.4 Å². The highest BCUT2D eigenvalue weighted by molar-refractivity contribution is 6.36. The van der Waals surface area contributed by atoms with E-state index in [2.05, 4.69) is 15.2 Å². The first-order valence-corrected chi connectivity index (χ1v) is 9.41. The molecule has 10 heteroatoms. The molecule has 0 bridgehead atoms. The Kier molecular flexibility index (Phi) is 8.04. The normalized spacial score (nSPS) is 20.4. The first kappa shape index (κ1) is 22.5. The number of rotatable bonds is 3. The Labute approximate surface area is 181 Å². The number of amides is 1. The Balaban J connectivity index is 0.00000131. The maximum Gasteiger partial charge on any atom is 0.228 e. The van der Waals surface area contributed by atoms with Gasteiger partial charge in [0.1, 0.15) is 0 Å². The third-order valence-corrected chi connectivity index (χ3v) is 5.52. The Morgan fingerprint density at radius 2 is 1.93 bits per heavy atom. The Bertz CT molecular complexity index is 793. The summed E-state index contributed by atoms with van der Waals surface area (Å²) in [5, 5.41) is 4.41. The van der Waals surface area contributed by atoms with Crippen LogP contribution < -0.4 is 5.32 Å². The van der Waals surface area contributed by atoms with E-state index in [-0.39, 0.29) is 30.7 Å². The van der Waals surface area contributed by atoms with Gasteiger partial charge in [0.25, 0.3) is 0 Å². The van der Waals surface area contributed by atoms with Gasteiger partial charge in [-0.1, -0.05) is 23.2 Å². The molecule has 2 saturated heterocycles. The number of imidazole rings is 1. The molecule has 2 aliphatic rings. The van der Waals surface area contributed by atoms with Crippen molar-refractivity contribution in [3.05, 3.63) is 34.2 Å². The summed E-state index contributed by atoms with van der Waals surface area (Å²) in [6, 6.07) is 2.15. The predicted octanol–water partition coefficient (Wildman–Crippen LogP) is 2.53. The van der Waals surface area contributed by atoms with E-state index in [9.17, 15) is 4.79 Å². The second-order valence-corrected chi connectivity index (χ2v) is 7.56. The molecule has 4 heterocycles. The molecule has 2 aliphatic heterocycles. The smallest absolute Gasteiger partial charge is 0.228 e. The van der Waals surface area contributed by atoms with Crippen LogP contribution in [0, 0.1) is 0 Å². The lowest BCUT2D eigenvalue weighted by molar-refractivity contribution is -0.129. The van der Waals surface area contributed by atoms with Crippen LogP contribution in [0.3, 0.4) is 0 Å². The number of halogens is 4. The first-order valence-electron chi connectivity index (χ1n) is 8.65. The van der Waals surface area contributed by atoms with Crippen molar-refractivity contribution in [1.82, 2.24) is 24.5 Å². The number of piperazine rings is 1. The van der Waals surface area contributed by atoms with Crippen molar-refractivity contribution >= 4 is 59.6 Å². The van der Waals surface area contributed by atoms with Gasteiger partial charge in [0.15, 0.2) is 5.65 Å². The average molecular weight is 455 g/mol. The average Bonchev–Trinajstić information content (AvgIpc) is 3.22. The van der Waals surface area contributed by atoms with Crippen LogP contribution in [0.25, 0.3) is 5.65 Å². The largest absolute Gasteiger partial charge is 0.341 e. The molecule has 0 aromatic carbocycles. The lowest BCUT2D eigenvalue weighted by atomic mass is 10.2. The summed E-state index contributed by atoms with van der Waals surface area (Å²) in [5.74, 6) is 0.128. The van der Waals surface area contributed by atoms with E-state index >= 15 is 0 Å².